The minimum Gasteiger partial charge on any atom is -0.457 e. The van der Waals surface area contributed by atoms with Gasteiger partial charge in [0.2, 0.25) is 0 Å². The Labute approximate surface area is 186 Å². The summed E-state index contributed by atoms with van der Waals surface area (Å²) in [4.78, 5) is 41.6. The minimum absolute atomic E-state index is 0.00541. The molecule has 0 N–H and O–H groups in total. The largest absolute Gasteiger partial charge is 0.457 e. The fourth-order valence-electron chi connectivity index (χ4n) is 3.29. The number of hydrogen-bond acceptors (Lipinski definition) is 6. The van der Waals surface area contributed by atoms with Gasteiger partial charge < -0.3 is 4.74 Å². The zero-order chi connectivity index (χ0) is 23.3. The van der Waals surface area contributed by atoms with Crippen molar-refractivity contribution in [2.24, 2.45) is 0 Å². The predicted octanol–water partition coefficient (Wildman–Crippen LogP) is 3.92. The molecule has 0 saturated carbocycles. The summed E-state index contributed by atoms with van der Waals surface area (Å²) >= 11 is 0. The second kappa shape index (κ2) is 9.56. The number of para-hydroxylation sites is 1. The van der Waals surface area contributed by atoms with Crippen molar-refractivity contribution in [1.82, 2.24) is 9.55 Å². The molecule has 0 saturated heterocycles. The molecule has 0 amide bonds. The van der Waals surface area contributed by atoms with Gasteiger partial charge in [-0.2, -0.15) is 5.26 Å². The Bertz CT molecular complexity index is 1250. The molecule has 0 aliphatic carbocycles. The molecule has 0 aliphatic heterocycles. The molecule has 2 aromatic carbocycles. The quantitative estimate of drug-likeness (QED) is 0.415. The fourth-order valence-corrected chi connectivity index (χ4v) is 3.29. The molecule has 0 aliphatic rings. The lowest BCUT2D eigenvalue weighted by Crippen LogP contribution is -2.26. The van der Waals surface area contributed by atoms with Gasteiger partial charge in [-0.3, -0.25) is 19.0 Å². The Morgan fingerprint density at radius 2 is 1.75 bits per heavy atom. The first-order chi connectivity index (χ1) is 15.2. The van der Waals surface area contributed by atoms with E-state index in [1.54, 1.807) is 36.4 Å². The number of carbonyl (C=O) groups is 2. The van der Waals surface area contributed by atoms with Gasteiger partial charge in [0.15, 0.2) is 11.6 Å². The number of aromatic nitrogens is 2. The monoisotopic (exact) mass is 431 g/mol. The topological polar surface area (TPSA) is 102 Å². The first-order valence-electron chi connectivity index (χ1n) is 10.4. The van der Waals surface area contributed by atoms with Gasteiger partial charge in [-0.15, -0.1) is 0 Å². The number of nitrogens with zero attached hydrogens (tertiary/aromatic N) is 3. The smallest absolute Gasteiger partial charge is 0.306 e. The van der Waals surface area contributed by atoms with Crippen LogP contribution in [0.25, 0.3) is 10.9 Å². The van der Waals surface area contributed by atoms with Crippen molar-refractivity contribution >= 4 is 22.7 Å². The summed E-state index contributed by atoms with van der Waals surface area (Å²) < 4.78 is 6.44. The highest BCUT2D eigenvalue weighted by molar-refractivity contribution is 5.97. The van der Waals surface area contributed by atoms with Gasteiger partial charge in [0.25, 0.3) is 5.56 Å². The summed E-state index contributed by atoms with van der Waals surface area (Å²) in [5.74, 6) is -0.532. The lowest BCUT2D eigenvalue weighted by atomic mass is 9.86. The highest BCUT2D eigenvalue weighted by Crippen LogP contribution is 2.22. The molecule has 0 unspecified atom stereocenters. The van der Waals surface area contributed by atoms with Crippen LogP contribution in [0.4, 0.5) is 0 Å². The number of ketones is 1. The van der Waals surface area contributed by atoms with Crippen molar-refractivity contribution in [3.63, 3.8) is 0 Å². The van der Waals surface area contributed by atoms with Gasteiger partial charge in [-0.05, 0) is 23.1 Å². The average Bonchev–Trinajstić information content (AvgIpc) is 2.77. The molecule has 0 fully saturated rings. The molecule has 32 heavy (non-hydrogen) atoms. The van der Waals surface area contributed by atoms with Crippen LogP contribution in [0.5, 0.6) is 0 Å². The lowest BCUT2D eigenvalue weighted by Gasteiger charge is -2.18. The number of nitriles is 1. The van der Waals surface area contributed by atoms with Crippen LogP contribution >= 0.6 is 0 Å². The average molecular weight is 431 g/mol. The minimum atomic E-state index is -0.574. The second-order valence-electron chi connectivity index (χ2n) is 8.51. The van der Waals surface area contributed by atoms with E-state index in [4.69, 9.17) is 10.00 Å². The van der Waals surface area contributed by atoms with Crippen molar-refractivity contribution in [3.05, 3.63) is 75.8 Å². The molecule has 0 bridgehead atoms. The normalized spacial score (nSPS) is 11.2. The first-order valence-corrected chi connectivity index (χ1v) is 10.4. The highest BCUT2D eigenvalue weighted by atomic mass is 16.5. The van der Waals surface area contributed by atoms with Crippen molar-refractivity contribution in [2.75, 3.05) is 0 Å². The van der Waals surface area contributed by atoms with Gasteiger partial charge >= 0.3 is 5.97 Å². The van der Waals surface area contributed by atoms with Crippen LogP contribution in [0.15, 0.2) is 53.3 Å². The summed E-state index contributed by atoms with van der Waals surface area (Å²) in [7, 11) is 0. The van der Waals surface area contributed by atoms with E-state index in [0.717, 1.165) is 5.56 Å². The summed E-state index contributed by atoms with van der Waals surface area (Å²) in [5, 5.41) is 9.44. The Morgan fingerprint density at radius 3 is 2.41 bits per heavy atom. The Hall–Kier alpha value is -3.79. The maximum atomic E-state index is 12.6. The molecule has 0 radical (unpaired) electrons. The van der Waals surface area contributed by atoms with E-state index in [0.29, 0.717) is 16.5 Å². The summed E-state index contributed by atoms with van der Waals surface area (Å²) in [6.07, 6.45) is -0.0697. The van der Waals surface area contributed by atoms with E-state index in [2.05, 4.69) is 25.8 Å². The summed E-state index contributed by atoms with van der Waals surface area (Å²) in [5.41, 5.74) is 1.77. The van der Waals surface area contributed by atoms with E-state index in [1.165, 1.54) is 4.57 Å². The van der Waals surface area contributed by atoms with E-state index in [9.17, 15) is 14.4 Å². The van der Waals surface area contributed by atoms with Gasteiger partial charge in [0.1, 0.15) is 13.2 Å². The number of fused-ring (bicyclic) bond motifs is 1. The molecule has 1 aromatic heterocycles. The number of Topliss-reactive ketones (excluding diaryl/α,β-unsaturated/α-hetero) is 1. The SMILES string of the molecule is CC(C)(C)c1ccc(C(=O)CCC(=O)OCc2nc3ccccc3c(=O)n2CC#N)cc1. The molecular weight excluding hydrogens is 406 g/mol. The molecule has 0 atom stereocenters. The van der Waals surface area contributed by atoms with Gasteiger partial charge in [0, 0.05) is 12.0 Å². The van der Waals surface area contributed by atoms with Crippen LogP contribution in [0.2, 0.25) is 0 Å². The maximum Gasteiger partial charge on any atom is 0.306 e. The predicted molar refractivity (Wildman–Crippen MR) is 120 cm³/mol. The molecule has 1 heterocycles. The fraction of sp³-hybridized carbons (Fsp3) is 0.320. The van der Waals surface area contributed by atoms with Crippen molar-refractivity contribution in [3.8, 4) is 6.07 Å². The van der Waals surface area contributed by atoms with Gasteiger partial charge in [-0.1, -0.05) is 57.2 Å². The third kappa shape index (κ3) is 5.27. The first kappa shape index (κ1) is 22.9. The number of hydrogen-bond donors (Lipinski definition) is 0. The van der Waals surface area contributed by atoms with E-state index >= 15 is 0 Å². The highest BCUT2D eigenvalue weighted by Gasteiger charge is 2.16. The second-order valence-corrected chi connectivity index (χ2v) is 8.51. The Kier molecular flexibility index (Phi) is 6.84. The maximum absolute atomic E-state index is 12.6. The van der Waals surface area contributed by atoms with Crippen LogP contribution in [0.3, 0.4) is 0 Å². The van der Waals surface area contributed by atoms with E-state index in [-0.39, 0.29) is 48.6 Å². The lowest BCUT2D eigenvalue weighted by molar-refractivity contribution is -0.145. The zero-order valence-electron chi connectivity index (χ0n) is 18.4. The molecule has 3 rings (SSSR count). The molecular formula is C25H25N3O4. The number of carbonyl (C=O) groups excluding carboxylic acids is 2. The van der Waals surface area contributed by atoms with Crippen LogP contribution in [0.1, 0.15) is 55.4 Å². The number of esters is 1. The standard InChI is InChI=1S/C25H25N3O4/c1-25(2,3)18-10-8-17(9-11-18)21(29)12-13-23(30)32-16-22-27-20-7-5-4-6-19(20)24(31)28(22)15-14-26/h4-11H,12-13,15-16H2,1-3H3. The number of rotatable bonds is 7. The van der Waals surface area contributed by atoms with Crippen LogP contribution in [0, 0.1) is 11.3 Å². The van der Waals surface area contributed by atoms with E-state index in [1.807, 2.05) is 18.2 Å². The van der Waals surface area contributed by atoms with E-state index < -0.39 is 5.97 Å². The third-order valence-electron chi connectivity index (χ3n) is 5.16. The summed E-state index contributed by atoms with van der Waals surface area (Å²) in [6.45, 7) is 5.84. The van der Waals surface area contributed by atoms with Crippen LogP contribution in [-0.4, -0.2) is 21.3 Å². The van der Waals surface area contributed by atoms with Crippen molar-refractivity contribution in [2.45, 2.75) is 52.2 Å². The van der Waals surface area contributed by atoms with Gasteiger partial charge in [0.05, 0.1) is 23.4 Å². The third-order valence-corrected chi connectivity index (χ3v) is 5.16. The summed E-state index contributed by atoms with van der Waals surface area (Å²) in [6, 6.07) is 16.1. The molecule has 164 valence electrons. The van der Waals surface area contributed by atoms with Crippen molar-refractivity contribution < 1.29 is 14.3 Å². The number of benzene rings is 2. The van der Waals surface area contributed by atoms with Crippen molar-refractivity contribution in [1.29, 1.82) is 5.26 Å². The van der Waals surface area contributed by atoms with Crippen LogP contribution < -0.4 is 5.56 Å². The molecule has 7 nitrogen and oxygen atoms in total. The molecule has 7 heteroatoms. The molecule has 0 spiro atoms. The Balaban J connectivity index is 1.63. The Morgan fingerprint density at radius 1 is 1.06 bits per heavy atom. The zero-order valence-corrected chi connectivity index (χ0v) is 18.4. The van der Waals surface area contributed by atoms with Gasteiger partial charge in [-0.25, -0.2) is 4.98 Å². The molecule has 3 aromatic rings. The number of ether oxygens (including phenoxy) is 1. The van der Waals surface area contributed by atoms with Crippen LogP contribution in [-0.2, 0) is 28.1 Å².